The Morgan fingerprint density at radius 1 is 1.42 bits per heavy atom. The van der Waals surface area contributed by atoms with Gasteiger partial charge in [0, 0.05) is 0 Å². The summed E-state index contributed by atoms with van der Waals surface area (Å²) in [6.07, 6.45) is 0.917. The lowest BCUT2D eigenvalue weighted by atomic mass is 10.0. The van der Waals surface area contributed by atoms with Gasteiger partial charge in [-0.15, -0.1) is 0 Å². The molecule has 0 radical (unpaired) electrons. The Balaban J connectivity index is 2.92. The van der Waals surface area contributed by atoms with Crippen LogP contribution >= 0.6 is 0 Å². The van der Waals surface area contributed by atoms with E-state index < -0.39 is 0 Å². The quantitative estimate of drug-likeness (QED) is 0.521. The Kier molecular flexibility index (Phi) is 2.58. The molecular weight excluding hydrogens is 150 g/mol. The third-order valence-electron chi connectivity index (χ3n) is 1.80. The maximum absolute atomic E-state index is 9.29. The average Bonchev–Trinajstić information content (AvgIpc) is 1.98. The molecule has 0 saturated carbocycles. The van der Waals surface area contributed by atoms with E-state index in [1.165, 1.54) is 0 Å². The number of phenols is 1. The maximum Gasteiger partial charge on any atom is 0.138 e. The molecule has 0 heterocycles. The molecule has 1 aromatic rings. The van der Waals surface area contributed by atoms with Crippen molar-refractivity contribution < 1.29 is 5.11 Å². The Morgan fingerprint density at radius 3 is 2.67 bits per heavy atom. The van der Waals surface area contributed by atoms with Gasteiger partial charge in [-0.1, -0.05) is 26.0 Å². The van der Waals surface area contributed by atoms with Crippen LogP contribution in [0.5, 0.6) is 5.75 Å². The second-order valence-electron chi connectivity index (χ2n) is 3.45. The fourth-order valence-corrected chi connectivity index (χ4v) is 1.22. The topological polar surface area (TPSA) is 46.2 Å². The number of hydrogen-bond acceptors (Lipinski definition) is 2. The zero-order valence-electron chi connectivity index (χ0n) is 7.54. The first-order chi connectivity index (χ1) is 5.61. The van der Waals surface area contributed by atoms with E-state index in [0.29, 0.717) is 11.6 Å². The largest absolute Gasteiger partial charge is 0.506 e. The number of nitrogens with two attached hydrogens (primary N) is 1. The molecule has 66 valence electrons. The molecule has 0 aliphatic heterocycles. The molecule has 0 saturated heterocycles. The molecule has 3 N–H and O–H groups in total. The van der Waals surface area contributed by atoms with Crippen LogP contribution in [0, 0.1) is 5.92 Å². The van der Waals surface area contributed by atoms with Crippen molar-refractivity contribution in [3.05, 3.63) is 23.8 Å². The number of phenolic OH excluding ortho intramolecular Hbond substituents is 1. The van der Waals surface area contributed by atoms with E-state index in [9.17, 15) is 5.11 Å². The summed E-state index contributed by atoms with van der Waals surface area (Å²) in [6, 6.07) is 5.39. The van der Waals surface area contributed by atoms with Gasteiger partial charge in [0.2, 0.25) is 0 Å². The Bertz CT molecular complexity index is 269. The second-order valence-corrected chi connectivity index (χ2v) is 3.45. The molecule has 0 spiro atoms. The zero-order chi connectivity index (χ0) is 9.14. The van der Waals surface area contributed by atoms with Crippen LogP contribution < -0.4 is 5.73 Å². The molecule has 0 bridgehead atoms. The molecule has 1 rings (SSSR count). The lowest BCUT2D eigenvalue weighted by molar-refractivity contribution is 0.477. The zero-order valence-corrected chi connectivity index (χ0v) is 7.54. The first-order valence-corrected chi connectivity index (χ1v) is 4.17. The first-order valence-electron chi connectivity index (χ1n) is 4.17. The van der Waals surface area contributed by atoms with Crippen LogP contribution in [0.25, 0.3) is 0 Å². The summed E-state index contributed by atoms with van der Waals surface area (Å²) < 4.78 is 0. The number of anilines is 1. The molecular formula is C10H15NO. The molecule has 0 amide bonds. The van der Waals surface area contributed by atoms with E-state index in [2.05, 4.69) is 13.8 Å². The summed E-state index contributed by atoms with van der Waals surface area (Å²) in [4.78, 5) is 0. The van der Waals surface area contributed by atoms with Gasteiger partial charge in [0.1, 0.15) is 5.75 Å². The van der Waals surface area contributed by atoms with E-state index in [1.807, 2.05) is 12.1 Å². The van der Waals surface area contributed by atoms with Gasteiger partial charge in [-0.3, -0.25) is 0 Å². The fraction of sp³-hybridized carbons (Fsp3) is 0.400. The normalized spacial score (nSPS) is 10.6. The maximum atomic E-state index is 9.29. The third kappa shape index (κ3) is 1.91. The minimum absolute atomic E-state index is 0.188. The summed E-state index contributed by atoms with van der Waals surface area (Å²) in [5.41, 5.74) is 7.23. The number of hydrogen-bond donors (Lipinski definition) is 2. The fourth-order valence-electron chi connectivity index (χ4n) is 1.22. The smallest absolute Gasteiger partial charge is 0.138 e. The highest BCUT2D eigenvalue weighted by Crippen LogP contribution is 2.25. The highest BCUT2D eigenvalue weighted by molar-refractivity contribution is 5.57. The lowest BCUT2D eigenvalue weighted by Gasteiger charge is -2.08. The van der Waals surface area contributed by atoms with Crippen molar-refractivity contribution in [2.75, 3.05) is 5.73 Å². The predicted molar refractivity (Wildman–Crippen MR) is 51.1 cm³/mol. The van der Waals surface area contributed by atoms with Gasteiger partial charge < -0.3 is 10.8 Å². The third-order valence-corrected chi connectivity index (χ3v) is 1.80. The van der Waals surface area contributed by atoms with Crippen LogP contribution in [0.15, 0.2) is 18.2 Å². The van der Waals surface area contributed by atoms with Crippen molar-refractivity contribution in [3.63, 3.8) is 0 Å². The molecule has 2 heteroatoms. The highest BCUT2D eigenvalue weighted by Gasteiger charge is 2.04. The summed E-state index contributed by atoms with van der Waals surface area (Å²) in [6.45, 7) is 4.26. The minimum Gasteiger partial charge on any atom is -0.506 e. The van der Waals surface area contributed by atoms with Gasteiger partial charge in [-0.05, 0) is 24.0 Å². The number of nitrogen functional groups attached to an aromatic ring is 1. The van der Waals surface area contributed by atoms with Gasteiger partial charge in [-0.25, -0.2) is 0 Å². The lowest BCUT2D eigenvalue weighted by Crippen LogP contribution is -1.99. The first kappa shape index (κ1) is 8.91. The van der Waals surface area contributed by atoms with Crippen molar-refractivity contribution >= 4 is 5.69 Å². The Labute approximate surface area is 73.0 Å². The van der Waals surface area contributed by atoms with Gasteiger partial charge >= 0.3 is 0 Å². The highest BCUT2D eigenvalue weighted by atomic mass is 16.3. The van der Waals surface area contributed by atoms with Crippen LogP contribution in [0.2, 0.25) is 0 Å². The summed E-state index contributed by atoms with van der Waals surface area (Å²) >= 11 is 0. The number of benzene rings is 1. The van der Waals surface area contributed by atoms with Gasteiger partial charge in [0.25, 0.3) is 0 Å². The van der Waals surface area contributed by atoms with Crippen molar-refractivity contribution in [3.8, 4) is 5.75 Å². The molecule has 0 unspecified atom stereocenters. The summed E-state index contributed by atoms with van der Waals surface area (Å²) in [5.74, 6) is 0.752. The van der Waals surface area contributed by atoms with Crippen LogP contribution in [0.3, 0.4) is 0 Å². The van der Waals surface area contributed by atoms with Crippen LogP contribution in [-0.2, 0) is 6.42 Å². The van der Waals surface area contributed by atoms with Crippen molar-refractivity contribution in [1.82, 2.24) is 0 Å². The standard InChI is InChI=1S/C10H15NO/c1-7(2)6-8-4-3-5-9(12)10(8)11/h3-5,7,12H,6,11H2,1-2H3. The van der Waals surface area contributed by atoms with Gasteiger partial charge in [-0.2, -0.15) is 0 Å². The van der Waals surface area contributed by atoms with E-state index in [0.717, 1.165) is 12.0 Å². The van der Waals surface area contributed by atoms with Crippen LogP contribution in [0.1, 0.15) is 19.4 Å². The number of rotatable bonds is 2. The average molecular weight is 165 g/mol. The number of para-hydroxylation sites is 1. The van der Waals surface area contributed by atoms with E-state index in [-0.39, 0.29) is 5.75 Å². The summed E-state index contributed by atoms with van der Waals surface area (Å²) in [5, 5.41) is 9.29. The van der Waals surface area contributed by atoms with Crippen LogP contribution in [0.4, 0.5) is 5.69 Å². The predicted octanol–water partition coefficient (Wildman–Crippen LogP) is 2.17. The Hall–Kier alpha value is -1.18. The molecule has 0 atom stereocenters. The van der Waals surface area contributed by atoms with Crippen molar-refractivity contribution in [2.24, 2.45) is 5.92 Å². The molecule has 1 aromatic carbocycles. The van der Waals surface area contributed by atoms with Crippen molar-refractivity contribution in [2.45, 2.75) is 20.3 Å². The van der Waals surface area contributed by atoms with Gasteiger partial charge in [0.05, 0.1) is 5.69 Å². The molecule has 0 aliphatic rings. The number of aromatic hydroxyl groups is 1. The molecule has 2 nitrogen and oxygen atoms in total. The molecule has 0 fully saturated rings. The monoisotopic (exact) mass is 165 g/mol. The van der Waals surface area contributed by atoms with E-state index >= 15 is 0 Å². The molecule has 12 heavy (non-hydrogen) atoms. The van der Waals surface area contributed by atoms with Crippen molar-refractivity contribution in [1.29, 1.82) is 0 Å². The SMILES string of the molecule is CC(C)Cc1cccc(O)c1N. The summed E-state index contributed by atoms with van der Waals surface area (Å²) in [7, 11) is 0. The van der Waals surface area contributed by atoms with E-state index in [4.69, 9.17) is 5.73 Å². The van der Waals surface area contributed by atoms with Gasteiger partial charge in [0.15, 0.2) is 0 Å². The van der Waals surface area contributed by atoms with Crippen LogP contribution in [-0.4, -0.2) is 5.11 Å². The van der Waals surface area contributed by atoms with E-state index in [1.54, 1.807) is 6.07 Å². The molecule has 0 aromatic heterocycles. The Morgan fingerprint density at radius 2 is 2.08 bits per heavy atom. The second kappa shape index (κ2) is 3.48. The minimum atomic E-state index is 0.188. The molecule has 0 aliphatic carbocycles.